The van der Waals surface area contributed by atoms with Gasteiger partial charge in [-0.1, -0.05) is 37.1 Å². The largest absolute Gasteiger partial charge is 0.508 e. The second-order valence-corrected chi connectivity index (χ2v) is 18.5. The highest BCUT2D eigenvalue weighted by Crippen LogP contribution is 2.42. The Morgan fingerprint density at radius 3 is 2.35 bits per heavy atom. The van der Waals surface area contributed by atoms with E-state index in [-0.39, 0.29) is 76.6 Å². The minimum Gasteiger partial charge on any atom is -0.508 e. The first kappa shape index (κ1) is 47.2. The fraction of sp³-hybridized carbons (Fsp3) is 0.321. The molecular weight excluding hydrogens is 883 g/mol. The van der Waals surface area contributed by atoms with Crippen LogP contribution in [0.25, 0.3) is 43.6 Å². The summed E-state index contributed by atoms with van der Waals surface area (Å²) in [7, 11) is 0. The van der Waals surface area contributed by atoms with E-state index in [9.17, 15) is 39.0 Å². The molecule has 2 aromatic heterocycles. The molecular formula is C53H55N5O9S. The van der Waals surface area contributed by atoms with Gasteiger partial charge in [0.2, 0.25) is 17.7 Å². The lowest BCUT2D eigenvalue weighted by Crippen LogP contribution is -2.42. The van der Waals surface area contributed by atoms with E-state index in [0.717, 1.165) is 47.2 Å². The number of anilines is 1. The molecule has 68 heavy (non-hydrogen) atoms. The minimum absolute atomic E-state index is 0.0115. The van der Waals surface area contributed by atoms with Gasteiger partial charge in [0.1, 0.15) is 29.3 Å². The van der Waals surface area contributed by atoms with Crippen LogP contribution in [0.3, 0.4) is 0 Å². The molecule has 3 aromatic carbocycles. The maximum Gasteiger partial charge on any atom is 0.336 e. The predicted octanol–water partition coefficient (Wildman–Crippen LogP) is 8.67. The molecule has 5 N–H and O–H groups in total. The zero-order valence-corrected chi connectivity index (χ0v) is 39.0. The second kappa shape index (κ2) is 21.1. The van der Waals surface area contributed by atoms with Crippen LogP contribution in [-0.4, -0.2) is 70.1 Å². The van der Waals surface area contributed by atoms with E-state index in [1.54, 1.807) is 29.2 Å². The highest BCUT2D eigenvalue weighted by atomic mass is 32.1. The van der Waals surface area contributed by atoms with E-state index >= 15 is 0 Å². The SMILES string of the molecule is CCN(C(=O)Cn1c(C(=O)NC2CCC(C(=O)NCCCCCCNC(=O)Cc3ccc(-c4c5ccc(=O)cc-5oc5cc(O)ccc45)c(C(=O)O)c3)CC2)cc2sccc21)c1cccc(C)c1. The van der Waals surface area contributed by atoms with Gasteiger partial charge in [-0.05, 0) is 129 Å². The molecule has 3 aliphatic rings. The molecule has 4 amide bonds. The van der Waals surface area contributed by atoms with Crippen LogP contribution in [0, 0.1) is 12.8 Å². The van der Waals surface area contributed by atoms with Crippen LogP contribution >= 0.6 is 11.3 Å². The normalized spacial score (nSPS) is 14.8. The van der Waals surface area contributed by atoms with E-state index < -0.39 is 5.97 Å². The highest BCUT2D eigenvalue weighted by Gasteiger charge is 2.29. The molecule has 0 spiro atoms. The number of phenols is 1. The molecule has 1 aliphatic heterocycles. The number of unbranched alkanes of at least 4 members (excludes halogenated alkanes) is 3. The van der Waals surface area contributed by atoms with E-state index in [0.29, 0.717) is 78.7 Å². The molecule has 0 atom stereocenters. The number of benzene rings is 4. The van der Waals surface area contributed by atoms with Crippen LogP contribution < -0.4 is 26.3 Å². The quantitative estimate of drug-likeness (QED) is 0.0413. The van der Waals surface area contributed by atoms with Gasteiger partial charge in [-0.15, -0.1) is 11.3 Å². The van der Waals surface area contributed by atoms with Crippen molar-refractivity contribution in [3.05, 3.63) is 129 Å². The Labute approximate surface area is 397 Å². The van der Waals surface area contributed by atoms with E-state index in [2.05, 4.69) is 16.0 Å². The number of nitrogens with zero attached hydrogens (tertiary/aromatic N) is 2. The molecule has 1 saturated carbocycles. The number of carboxylic acids is 1. The maximum atomic E-state index is 13.7. The first-order valence-electron chi connectivity index (χ1n) is 23.2. The topological polar surface area (TPSA) is 200 Å². The summed E-state index contributed by atoms with van der Waals surface area (Å²) in [6.45, 7) is 5.50. The third-order valence-corrected chi connectivity index (χ3v) is 13.6. The van der Waals surface area contributed by atoms with Gasteiger partial charge in [-0.3, -0.25) is 24.0 Å². The molecule has 8 rings (SSSR count). The van der Waals surface area contributed by atoms with Gasteiger partial charge in [0.25, 0.3) is 5.91 Å². The summed E-state index contributed by atoms with van der Waals surface area (Å²) in [5.41, 5.74) is 5.18. The lowest BCUT2D eigenvalue weighted by Gasteiger charge is -2.28. The molecule has 5 aromatic rings. The van der Waals surface area contributed by atoms with Gasteiger partial charge < -0.3 is 40.0 Å². The number of aromatic nitrogens is 1. The Kier molecular flexibility index (Phi) is 14.7. The Morgan fingerprint density at radius 2 is 1.60 bits per heavy atom. The summed E-state index contributed by atoms with van der Waals surface area (Å²) in [5, 5.41) is 32.1. The average molecular weight is 938 g/mol. The van der Waals surface area contributed by atoms with Crippen molar-refractivity contribution in [3.8, 4) is 28.2 Å². The van der Waals surface area contributed by atoms with Crippen LogP contribution in [0.15, 0.2) is 106 Å². The maximum absolute atomic E-state index is 13.7. The molecule has 352 valence electrons. The second-order valence-electron chi connectivity index (χ2n) is 17.5. The van der Waals surface area contributed by atoms with Crippen molar-refractivity contribution in [2.75, 3.05) is 24.5 Å². The minimum atomic E-state index is -1.18. The number of carbonyl (C=O) groups is 5. The number of amides is 4. The van der Waals surface area contributed by atoms with Crippen LogP contribution in [0.1, 0.15) is 90.3 Å². The highest BCUT2D eigenvalue weighted by molar-refractivity contribution is 7.17. The van der Waals surface area contributed by atoms with Crippen LogP contribution in [0.2, 0.25) is 0 Å². The zero-order valence-electron chi connectivity index (χ0n) is 38.1. The number of aryl methyl sites for hydroxylation is 1. The molecule has 0 unspecified atom stereocenters. The van der Waals surface area contributed by atoms with Crippen molar-refractivity contribution in [3.63, 3.8) is 0 Å². The number of aromatic hydroxyl groups is 1. The molecule has 0 bridgehead atoms. The fourth-order valence-electron chi connectivity index (χ4n) is 9.30. The van der Waals surface area contributed by atoms with E-state index in [1.165, 1.54) is 41.7 Å². The summed E-state index contributed by atoms with van der Waals surface area (Å²) < 4.78 is 8.67. The summed E-state index contributed by atoms with van der Waals surface area (Å²) in [5.74, 6) is -1.61. The lowest BCUT2D eigenvalue weighted by molar-refractivity contribution is -0.126. The van der Waals surface area contributed by atoms with E-state index in [4.69, 9.17) is 4.42 Å². The Hall–Kier alpha value is -7.26. The van der Waals surface area contributed by atoms with Gasteiger partial charge in [0.15, 0.2) is 5.43 Å². The molecule has 1 fully saturated rings. The zero-order chi connectivity index (χ0) is 47.9. The number of nitrogens with one attached hydrogen (secondary N) is 3. The van der Waals surface area contributed by atoms with Gasteiger partial charge in [0, 0.05) is 65.9 Å². The van der Waals surface area contributed by atoms with E-state index in [1.807, 2.05) is 60.2 Å². The van der Waals surface area contributed by atoms with Crippen molar-refractivity contribution in [2.45, 2.75) is 84.2 Å². The van der Waals surface area contributed by atoms with Gasteiger partial charge in [0.05, 0.1) is 22.2 Å². The molecule has 0 radical (unpaired) electrons. The number of hydrogen-bond acceptors (Lipinski definition) is 9. The summed E-state index contributed by atoms with van der Waals surface area (Å²) in [6.07, 6.45) is 5.97. The summed E-state index contributed by atoms with van der Waals surface area (Å²) >= 11 is 1.53. The van der Waals surface area contributed by atoms with Crippen molar-refractivity contribution in [2.24, 2.45) is 5.92 Å². The number of likely N-dealkylation sites (N-methyl/N-ethyl adjacent to an activating group) is 1. The van der Waals surface area contributed by atoms with Crippen LogP contribution in [0.4, 0.5) is 5.69 Å². The Morgan fingerprint density at radius 1 is 0.838 bits per heavy atom. The van der Waals surface area contributed by atoms with Crippen molar-refractivity contribution < 1.29 is 38.6 Å². The molecule has 15 heteroatoms. The smallest absolute Gasteiger partial charge is 0.336 e. The number of carbonyl (C=O) groups excluding carboxylic acids is 4. The number of phenolic OH excluding ortho intramolecular Hbond substituents is 1. The monoisotopic (exact) mass is 937 g/mol. The van der Waals surface area contributed by atoms with Gasteiger partial charge in [-0.2, -0.15) is 0 Å². The first-order valence-corrected chi connectivity index (χ1v) is 24.1. The molecule has 14 nitrogen and oxygen atoms in total. The number of thiophene rings is 1. The Bertz CT molecular complexity index is 3030. The standard InChI is InChI=1S/C53H55N5O9S/c1-3-57(36-10-8-9-32(2)25-36)49(62)31-58-43-21-24-68-47(43)30-44(58)52(64)56-35-14-12-34(13-15-35)51(63)55-23-7-5-4-6-22-54-48(61)27-33-11-18-39(42(26-33)53(65)66)50-40-19-16-37(59)28-45(40)67-46-29-38(60)17-20-41(46)50/h8-11,16-21,24-26,28-30,34-35,59H,3-7,12-15,22-23,27,31H2,1-2H3,(H,54,61)(H,55,63)(H,56,64)(H,65,66). The number of rotatable bonds is 18. The third kappa shape index (κ3) is 10.8. The molecule has 3 heterocycles. The fourth-order valence-corrected chi connectivity index (χ4v) is 10.1. The third-order valence-electron chi connectivity index (χ3n) is 12.8. The Balaban J connectivity index is 0.747. The van der Waals surface area contributed by atoms with Crippen LogP contribution in [-0.2, 0) is 27.3 Å². The number of hydrogen-bond donors (Lipinski definition) is 5. The number of carboxylic acid groups (broad SMARTS) is 1. The first-order chi connectivity index (χ1) is 32.9. The summed E-state index contributed by atoms with van der Waals surface area (Å²) in [4.78, 5) is 79.8. The lowest BCUT2D eigenvalue weighted by atomic mass is 9.85. The van der Waals surface area contributed by atoms with Gasteiger partial charge >= 0.3 is 5.97 Å². The number of fused-ring (bicyclic) bond motifs is 3. The molecule has 2 aliphatic carbocycles. The van der Waals surface area contributed by atoms with Crippen molar-refractivity contribution >= 4 is 67.8 Å². The predicted molar refractivity (Wildman–Crippen MR) is 264 cm³/mol. The molecule has 0 saturated heterocycles. The van der Waals surface area contributed by atoms with Crippen LogP contribution in [0.5, 0.6) is 5.75 Å². The average Bonchev–Trinajstić information content (AvgIpc) is 3.92. The van der Waals surface area contributed by atoms with Crippen molar-refractivity contribution in [1.82, 2.24) is 20.5 Å². The van der Waals surface area contributed by atoms with Gasteiger partial charge in [-0.25, -0.2) is 4.79 Å². The summed E-state index contributed by atoms with van der Waals surface area (Å²) in [6, 6.07) is 25.3. The number of aromatic carboxylic acids is 1. The van der Waals surface area contributed by atoms with Crippen molar-refractivity contribution in [1.29, 1.82) is 0 Å².